The Morgan fingerprint density at radius 3 is 3.17 bits per heavy atom. The number of ether oxygens (including phenoxy) is 1. The first-order chi connectivity index (χ1) is 5.93. The van der Waals surface area contributed by atoms with E-state index >= 15 is 0 Å². The van der Waals surface area contributed by atoms with E-state index < -0.39 is 0 Å². The Morgan fingerprint density at radius 1 is 1.58 bits per heavy atom. The van der Waals surface area contributed by atoms with E-state index in [9.17, 15) is 0 Å². The lowest BCUT2D eigenvalue weighted by molar-refractivity contribution is 0.191. The summed E-state index contributed by atoms with van der Waals surface area (Å²) in [5.74, 6) is 0.632. The molecule has 1 rings (SSSR count). The van der Waals surface area contributed by atoms with Gasteiger partial charge in [0.25, 0.3) is 0 Å². The molecule has 1 aliphatic rings. The summed E-state index contributed by atoms with van der Waals surface area (Å²) in [6, 6.07) is 2.14. The number of hydrogen-bond acceptors (Lipinski definition) is 2. The van der Waals surface area contributed by atoms with Crippen molar-refractivity contribution in [3.8, 4) is 6.07 Å². The van der Waals surface area contributed by atoms with Crippen LogP contribution in [0.3, 0.4) is 0 Å². The lowest BCUT2D eigenvalue weighted by atomic mass is 10.1. The van der Waals surface area contributed by atoms with Gasteiger partial charge >= 0.3 is 0 Å². The Hall–Kier alpha value is -0.810. The van der Waals surface area contributed by atoms with Gasteiger partial charge in [-0.25, -0.2) is 0 Å². The second kappa shape index (κ2) is 5.79. The van der Waals surface area contributed by atoms with Gasteiger partial charge in [-0.3, -0.25) is 0 Å². The van der Waals surface area contributed by atoms with Crippen molar-refractivity contribution in [2.45, 2.75) is 25.7 Å². The fourth-order valence-corrected chi connectivity index (χ4v) is 1.29. The normalized spacial score (nSPS) is 23.1. The smallest absolute Gasteiger partial charge is 0.0621 e. The molecule has 1 heterocycles. The van der Waals surface area contributed by atoms with E-state index in [2.05, 4.69) is 18.2 Å². The van der Waals surface area contributed by atoms with Gasteiger partial charge in [-0.15, -0.1) is 0 Å². The SMILES string of the molecule is N#CCCC/C=C/C1CCOC1. The van der Waals surface area contributed by atoms with Crippen molar-refractivity contribution in [1.29, 1.82) is 5.26 Å². The number of nitriles is 1. The molecule has 1 unspecified atom stereocenters. The van der Waals surface area contributed by atoms with Gasteiger partial charge in [0, 0.05) is 18.9 Å². The van der Waals surface area contributed by atoms with E-state index in [0.29, 0.717) is 12.3 Å². The molecular weight excluding hydrogens is 150 g/mol. The van der Waals surface area contributed by atoms with Crippen molar-refractivity contribution < 1.29 is 4.74 Å². The zero-order valence-electron chi connectivity index (χ0n) is 7.33. The molecule has 66 valence electrons. The van der Waals surface area contributed by atoms with Crippen LogP contribution >= 0.6 is 0 Å². The molecule has 1 saturated heterocycles. The maximum atomic E-state index is 8.28. The van der Waals surface area contributed by atoms with Gasteiger partial charge in [0.05, 0.1) is 12.7 Å². The largest absolute Gasteiger partial charge is 0.381 e. The first-order valence-corrected chi connectivity index (χ1v) is 4.55. The minimum Gasteiger partial charge on any atom is -0.381 e. The summed E-state index contributed by atoms with van der Waals surface area (Å²) in [6.45, 7) is 1.79. The van der Waals surface area contributed by atoms with Crippen molar-refractivity contribution in [3.63, 3.8) is 0 Å². The summed E-state index contributed by atoms with van der Waals surface area (Å²) in [6.07, 6.45) is 8.26. The van der Waals surface area contributed by atoms with Crippen LogP contribution in [0.25, 0.3) is 0 Å². The summed E-state index contributed by atoms with van der Waals surface area (Å²) >= 11 is 0. The van der Waals surface area contributed by atoms with Gasteiger partial charge in [0.15, 0.2) is 0 Å². The van der Waals surface area contributed by atoms with E-state index in [1.54, 1.807) is 0 Å². The van der Waals surface area contributed by atoms with Crippen LogP contribution < -0.4 is 0 Å². The molecule has 0 aliphatic carbocycles. The highest BCUT2D eigenvalue weighted by atomic mass is 16.5. The Labute approximate surface area is 73.8 Å². The summed E-state index contributed by atoms with van der Waals surface area (Å²) < 4.78 is 5.23. The second-order valence-electron chi connectivity index (χ2n) is 3.10. The fourth-order valence-electron chi connectivity index (χ4n) is 1.29. The number of rotatable bonds is 4. The summed E-state index contributed by atoms with van der Waals surface area (Å²) in [5, 5.41) is 8.28. The molecule has 0 aromatic carbocycles. The van der Waals surface area contributed by atoms with Gasteiger partial charge < -0.3 is 4.74 Å². The minimum absolute atomic E-state index is 0.632. The van der Waals surface area contributed by atoms with Gasteiger partial charge in [0.2, 0.25) is 0 Å². The zero-order chi connectivity index (χ0) is 8.65. The van der Waals surface area contributed by atoms with Crippen LogP contribution in [-0.4, -0.2) is 13.2 Å². The molecule has 0 N–H and O–H groups in total. The molecular formula is C10H15NO. The van der Waals surface area contributed by atoms with E-state index in [0.717, 1.165) is 32.5 Å². The van der Waals surface area contributed by atoms with E-state index in [1.165, 1.54) is 0 Å². The lowest BCUT2D eigenvalue weighted by Gasteiger charge is -1.96. The van der Waals surface area contributed by atoms with Crippen LogP contribution in [0.1, 0.15) is 25.7 Å². The highest BCUT2D eigenvalue weighted by molar-refractivity contribution is 4.90. The number of unbranched alkanes of at least 4 members (excludes halogenated alkanes) is 2. The molecule has 0 aromatic rings. The van der Waals surface area contributed by atoms with Crippen LogP contribution in [0.2, 0.25) is 0 Å². The molecule has 2 heteroatoms. The Balaban J connectivity index is 2.01. The quantitative estimate of drug-likeness (QED) is 0.473. The third-order valence-corrected chi connectivity index (χ3v) is 2.03. The Morgan fingerprint density at radius 2 is 2.50 bits per heavy atom. The number of nitrogens with zero attached hydrogens (tertiary/aromatic N) is 1. The number of allylic oxidation sites excluding steroid dienone is 1. The topological polar surface area (TPSA) is 33.0 Å². The van der Waals surface area contributed by atoms with E-state index in [4.69, 9.17) is 10.00 Å². The van der Waals surface area contributed by atoms with E-state index in [-0.39, 0.29) is 0 Å². The van der Waals surface area contributed by atoms with Crippen molar-refractivity contribution in [2.75, 3.05) is 13.2 Å². The van der Waals surface area contributed by atoms with Crippen molar-refractivity contribution in [2.24, 2.45) is 5.92 Å². The Kier molecular flexibility index (Phi) is 4.48. The first kappa shape index (κ1) is 9.28. The van der Waals surface area contributed by atoms with Crippen LogP contribution in [0.5, 0.6) is 0 Å². The lowest BCUT2D eigenvalue weighted by Crippen LogP contribution is -1.92. The molecule has 1 aliphatic heterocycles. The van der Waals surface area contributed by atoms with Crippen molar-refractivity contribution in [1.82, 2.24) is 0 Å². The van der Waals surface area contributed by atoms with Crippen LogP contribution in [0.4, 0.5) is 0 Å². The third kappa shape index (κ3) is 3.54. The molecule has 0 saturated carbocycles. The average molecular weight is 165 g/mol. The number of hydrogen-bond donors (Lipinski definition) is 0. The zero-order valence-corrected chi connectivity index (χ0v) is 7.33. The summed E-state index contributed by atoms with van der Waals surface area (Å²) in [5.41, 5.74) is 0. The molecule has 0 amide bonds. The second-order valence-corrected chi connectivity index (χ2v) is 3.10. The van der Waals surface area contributed by atoms with Crippen LogP contribution in [0.15, 0.2) is 12.2 Å². The van der Waals surface area contributed by atoms with E-state index in [1.807, 2.05) is 0 Å². The highest BCUT2D eigenvalue weighted by Crippen LogP contribution is 2.13. The fraction of sp³-hybridized carbons (Fsp3) is 0.700. The molecule has 0 spiro atoms. The molecule has 0 radical (unpaired) electrons. The average Bonchev–Trinajstić information content (AvgIpc) is 2.57. The Bertz CT molecular complexity index is 175. The van der Waals surface area contributed by atoms with Gasteiger partial charge in [0.1, 0.15) is 0 Å². The third-order valence-electron chi connectivity index (χ3n) is 2.03. The maximum Gasteiger partial charge on any atom is 0.0621 e. The molecule has 1 fully saturated rings. The van der Waals surface area contributed by atoms with Crippen LogP contribution in [0, 0.1) is 17.2 Å². The molecule has 0 aromatic heterocycles. The molecule has 2 nitrogen and oxygen atoms in total. The molecule has 1 atom stereocenters. The molecule has 0 bridgehead atoms. The molecule has 12 heavy (non-hydrogen) atoms. The van der Waals surface area contributed by atoms with Gasteiger partial charge in [-0.2, -0.15) is 5.26 Å². The minimum atomic E-state index is 0.632. The maximum absolute atomic E-state index is 8.28. The van der Waals surface area contributed by atoms with Crippen molar-refractivity contribution in [3.05, 3.63) is 12.2 Å². The summed E-state index contributed by atoms with van der Waals surface area (Å²) in [4.78, 5) is 0. The predicted molar refractivity (Wildman–Crippen MR) is 47.5 cm³/mol. The first-order valence-electron chi connectivity index (χ1n) is 4.55. The monoisotopic (exact) mass is 165 g/mol. The summed E-state index contributed by atoms with van der Waals surface area (Å²) in [7, 11) is 0. The van der Waals surface area contributed by atoms with Crippen LogP contribution in [-0.2, 0) is 4.74 Å². The van der Waals surface area contributed by atoms with Gasteiger partial charge in [-0.1, -0.05) is 12.2 Å². The van der Waals surface area contributed by atoms with Gasteiger partial charge in [-0.05, 0) is 19.3 Å². The standard InChI is InChI=1S/C10H15NO/c11-7-4-2-1-3-5-10-6-8-12-9-10/h3,5,10H,1-2,4,6,8-9H2/b5-3+. The highest BCUT2D eigenvalue weighted by Gasteiger charge is 2.10. The van der Waals surface area contributed by atoms with Crippen molar-refractivity contribution >= 4 is 0 Å². The predicted octanol–water partition coefficient (Wildman–Crippen LogP) is 2.27.